The predicted molar refractivity (Wildman–Crippen MR) is 104 cm³/mol. The molecule has 0 N–H and O–H groups in total. The first kappa shape index (κ1) is 18.1. The van der Waals surface area contributed by atoms with Crippen molar-refractivity contribution in [1.82, 2.24) is 24.6 Å². The molecule has 0 spiro atoms. The van der Waals surface area contributed by atoms with Gasteiger partial charge in [-0.3, -0.25) is 4.90 Å². The number of benzene rings is 1. The molecule has 2 aliphatic rings. The number of nitriles is 1. The van der Waals surface area contributed by atoms with E-state index in [9.17, 15) is 0 Å². The van der Waals surface area contributed by atoms with Crippen molar-refractivity contribution in [2.45, 2.75) is 50.7 Å². The molecule has 1 aliphatic carbocycles. The van der Waals surface area contributed by atoms with Gasteiger partial charge in [0.05, 0.1) is 18.2 Å². The Morgan fingerprint density at radius 3 is 2.59 bits per heavy atom. The number of aromatic nitrogens is 3. The maximum Gasteiger partial charge on any atom is 0.147 e. The zero-order valence-corrected chi connectivity index (χ0v) is 16.3. The van der Waals surface area contributed by atoms with E-state index in [-0.39, 0.29) is 0 Å². The van der Waals surface area contributed by atoms with Gasteiger partial charge in [0.1, 0.15) is 11.6 Å². The van der Waals surface area contributed by atoms with Crippen molar-refractivity contribution in [3.8, 4) is 6.07 Å². The van der Waals surface area contributed by atoms with E-state index in [1.54, 1.807) is 0 Å². The summed E-state index contributed by atoms with van der Waals surface area (Å²) in [5.74, 6) is 2.84. The van der Waals surface area contributed by atoms with Crippen molar-refractivity contribution < 1.29 is 0 Å². The molecule has 4 rings (SSSR count). The Hall–Kier alpha value is -2.23. The van der Waals surface area contributed by atoms with Crippen LogP contribution >= 0.6 is 0 Å². The van der Waals surface area contributed by atoms with Gasteiger partial charge < -0.3 is 9.47 Å². The third-order valence-electron chi connectivity index (χ3n) is 5.58. The first-order chi connectivity index (χ1) is 13.1. The van der Waals surface area contributed by atoms with Gasteiger partial charge in [-0.1, -0.05) is 12.1 Å². The zero-order valence-electron chi connectivity index (χ0n) is 16.3. The molecule has 6 heteroatoms. The van der Waals surface area contributed by atoms with Crippen LogP contribution in [-0.4, -0.2) is 51.7 Å². The van der Waals surface area contributed by atoms with Crippen LogP contribution in [0.3, 0.4) is 0 Å². The van der Waals surface area contributed by atoms with E-state index in [4.69, 9.17) is 5.26 Å². The molecule has 0 bridgehead atoms. The molecule has 1 aliphatic heterocycles. The number of nitrogens with zero attached hydrogens (tertiary/aromatic N) is 6. The molecule has 2 heterocycles. The minimum absolute atomic E-state index is 0.510. The molecule has 142 valence electrons. The minimum Gasteiger partial charge on any atom is -0.311 e. The van der Waals surface area contributed by atoms with E-state index in [1.807, 2.05) is 18.2 Å². The molecule has 0 amide bonds. The van der Waals surface area contributed by atoms with E-state index in [2.05, 4.69) is 50.8 Å². The Morgan fingerprint density at radius 2 is 1.93 bits per heavy atom. The largest absolute Gasteiger partial charge is 0.311 e. The third-order valence-corrected chi connectivity index (χ3v) is 5.58. The van der Waals surface area contributed by atoms with Crippen LogP contribution in [0.2, 0.25) is 0 Å². The summed E-state index contributed by atoms with van der Waals surface area (Å²) in [7, 11) is 4.18. The summed E-state index contributed by atoms with van der Waals surface area (Å²) in [5, 5.41) is 18.2. The molecule has 1 aromatic carbocycles. The van der Waals surface area contributed by atoms with Gasteiger partial charge in [0, 0.05) is 18.5 Å². The highest BCUT2D eigenvalue weighted by molar-refractivity contribution is 5.32. The van der Waals surface area contributed by atoms with Gasteiger partial charge in [0.2, 0.25) is 0 Å². The molecule has 0 unspecified atom stereocenters. The van der Waals surface area contributed by atoms with Crippen LogP contribution < -0.4 is 0 Å². The molecule has 1 saturated heterocycles. The average molecular weight is 364 g/mol. The minimum atomic E-state index is 0.510. The predicted octanol–water partition coefficient (Wildman–Crippen LogP) is 2.93. The quantitative estimate of drug-likeness (QED) is 0.789. The van der Waals surface area contributed by atoms with E-state index in [1.165, 1.54) is 24.2 Å². The second kappa shape index (κ2) is 7.79. The first-order valence-electron chi connectivity index (χ1n) is 9.94. The molecule has 27 heavy (non-hydrogen) atoms. The van der Waals surface area contributed by atoms with Crippen LogP contribution in [0, 0.1) is 11.3 Å². The second-order valence-electron chi connectivity index (χ2n) is 8.18. The monoisotopic (exact) mass is 364 g/mol. The van der Waals surface area contributed by atoms with Crippen molar-refractivity contribution in [2.75, 3.05) is 27.2 Å². The maximum atomic E-state index is 9.08. The summed E-state index contributed by atoms with van der Waals surface area (Å²) in [6, 6.07) is 10.8. The van der Waals surface area contributed by atoms with Crippen LogP contribution in [0.25, 0.3) is 0 Å². The summed E-state index contributed by atoms with van der Waals surface area (Å²) in [5.41, 5.74) is 1.97. The highest BCUT2D eigenvalue weighted by atomic mass is 15.3. The molecule has 0 atom stereocenters. The lowest BCUT2D eigenvalue weighted by Gasteiger charge is -2.31. The summed E-state index contributed by atoms with van der Waals surface area (Å²) in [4.78, 5) is 4.66. The molecule has 1 saturated carbocycles. The standard InChI is InChI=1S/C21H28N6/c1-25(2)15-20-23-24-21(27(20)19-6-7-19)18-8-10-26(11-9-18)14-17-5-3-4-16(12-17)13-22/h3-5,12,18-19H,6-11,14-15H2,1-2H3. The highest BCUT2D eigenvalue weighted by Gasteiger charge is 2.33. The van der Waals surface area contributed by atoms with Gasteiger partial charge in [-0.2, -0.15) is 5.26 Å². The van der Waals surface area contributed by atoms with Crippen molar-refractivity contribution >= 4 is 0 Å². The van der Waals surface area contributed by atoms with E-state index in [0.29, 0.717) is 12.0 Å². The van der Waals surface area contributed by atoms with Crippen molar-refractivity contribution in [2.24, 2.45) is 0 Å². The van der Waals surface area contributed by atoms with Gasteiger partial charge in [0.25, 0.3) is 0 Å². The Balaban J connectivity index is 1.41. The lowest BCUT2D eigenvalue weighted by Crippen LogP contribution is -2.33. The van der Waals surface area contributed by atoms with E-state index >= 15 is 0 Å². The van der Waals surface area contributed by atoms with Gasteiger partial charge in [-0.25, -0.2) is 0 Å². The van der Waals surface area contributed by atoms with Gasteiger partial charge in [-0.15, -0.1) is 10.2 Å². The molecular formula is C21H28N6. The number of piperidine rings is 1. The fraction of sp³-hybridized carbons (Fsp3) is 0.571. The van der Waals surface area contributed by atoms with Gasteiger partial charge in [-0.05, 0) is 70.6 Å². The second-order valence-corrected chi connectivity index (χ2v) is 8.18. The molecule has 1 aromatic heterocycles. The Kier molecular flexibility index (Phi) is 5.24. The topological polar surface area (TPSA) is 61.0 Å². The number of hydrogen-bond acceptors (Lipinski definition) is 5. The van der Waals surface area contributed by atoms with Crippen molar-refractivity contribution in [1.29, 1.82) is 5.26 Å². The van der Waals surface area contributed by atoms with Crippen molar-refractivity contribution in [3.63, 3.8) is 0 Å². The van der Waals surface area contributed by atoms with Crippen LogP contribution in [0.5, 0.6) is 0 Å². The summed E-state index contributed by atoms with van der Waals surface area (Å²) >= 11 is 0. The third kappa shape index (κ3) is 4.20. The molecule has 2 fully saturated rings. The van der Waals surface area contributed by atoms with Crippen LogP contribution in [0.15, 0.2) is 24.3 Å². The average Bonchev–Trinajstić information content (AvgIpc) is 3.43. The fourth-order valence-corrected chi connectivity index (χ4v) is 4.08. The maximum absolute atomic E-state index is 9.08. The molecule has 2 aromatic rings. The van der Waals surface area contributed by atoms with Gasteiger partial charge >= 0.3 is 0 Å². The summed E-state index contributed by atoms with van der Waals surface area (Å²) in [6.07, 6.45) is 4.79. The summed E-state index contributed by atoms with van der Waals surface area (Å²) < 4.78 is 2.44. The molecular weight excluding hydrogens is 336 g/mol. The van der Waals surface area contributed by atoms with E-state index < -0.39 is 0 Å². The summed E-state index contributed by atoms with van der Waals surface area (Å²) in [6.45, 7) is 3.92. The Labute approximate surface area is 161 Å². The highest BCUT2D eigenvalue weighted by Crippen LogP contribution is 2.40. The van der Waals surface area contributed by atoms with Crippen LogP contribution in [0.4, 0.5) is 0 Å². The Morgan fingerprint density at radius 1 is 1.15 bits per heavy atom. The van der Waals surface area contributed by atoms with Crippen LogP contribution in [0.1, 0.15) is 60.4 Å². The number of rotatable bonds is 6. The zero-order chi connectivity index (χ0) is 18.8. The molecule has 6 nitrogen and oxygen atoms in total. The number of hydrogen-bond donors (Lipinski definition) is 0. The SMILES string of the molecule is CN(C)Cc1nnc(C2CCN(Cc3cccc(C#N)c3)CC2)n1C1CC1. The lowest BCUT2D eigenvalue weighted by molar-refractivity contribution is 0.199. The lowest BCUT2D eigenvalue weighted by atomic mass is 9.95. The van der Waals surface area contributed by atoms with E-state index in [0.717, 1.165) is 50.4 Å². The first-order valence-corrected chi connectivity index (χ1v) is 9.94. The fourth-order valence-electron chi connectivity index (χ4n) is 4.08. The Bertz CT molecular complexity index is 821. The number of likely N-dealkylation sites (tertiary alicyclic amines) is 1. The van der Waals surface area contributed by atoms with Crippen molar-refractivity contribution in [3.05, 3.63) is 47.0 Å². The van der Waals surface area contributed by atoms with Crippen LogP contribution in [-0.2, 0) is 13.1 Å². The van der Waals surface area contributed by atoms with Gasteiger partial charge in [0.15, 0.2) is 0 Å². The molecule has 0 radical (unpaired) electrons. The normalized spacial score (nSPS) is 18.7. The smallest absolute Gasteiger partial charge is 0.147 e.